The molecule has 0 saturated carbocycles. The summed E-state index contributed by atoms with van der Waals surface area (Å²) in [6.07, 6.45) is -1.01. The molecule has 6 nitrogen and oxygen atoms in total. The predicted molar refractivity (Wildman–Crippen MR) is 73.0 cm³/mol. The molecule has 1 aliphatic rings. The minimum atomic E-state index is -0.889. The highest BCUT2D eigenvalue weighted by molar-refractivity contribution is 5.77. The minimum absolute atomic E-state index is 0.404. The second kappa shape index (κ2) is 4.98. The first-order valence-corrected chi connectivity index (χ1v) is 6.48. The molecule has 6 heteroatoms. The summed E-state index contributed by atoms with van der Waals surface area (Å²) in [6.45, 7) is 3.40. The molecule has 1 aromatic carbocycles. The van der Waals surface area contributed by atoms with Gasteiger partial charge in [-0.25, -0.2) is 4.79 Å². The van der Waals surface area contributed by atoms with Crippen molar-refractivity contribution in [2.75, 3.05) is 0 Å². The Kier molecular flexibility index (Phi) is 3.27. The zero-order valence-electron chi connectivity index (χ0n) is 11.6. The molecular formula is C15H14O6. The van der Waals surface area contributed by atoms with Gasteiger partial charge in [-0.2, -0.15) is 0 Å². The van der Waals surface area contributed by atoms with Crippen molar-refractivity contribution in [1.29, 1.82) is 0 Å². The standard InChI is InChI=1S/C15H14O6/c1-15(2)20-12(8-16)14(21-15)18-10-5-3-9-4-6-13(17)19-11(9)7-10/h3-8,12,14H,1-2H3. The highest BCUT2D eigenvalue weighted by Crippen LogP contribution is 2.30. The summed E-state index contributed by atoms with van der Waals surface area (Å²) in [6, 6.07) is 8.05. The van der Waals surface area contributed by atoms with E-state index in [1.807, 2.05) is 0 Å². The maximum atomic E-state index is 11.2. The number of hydrogen-bond acceptors (Lipinski definition) is 6. The lowest BCUT2D eigenvalue weighted by atomic mass is 10.2. The lowest BCUT2D eigenvalue weighted by molar-refractivity contribution is -0.168. The zero-order chi connectivity index (χ0) is 15.0. The van der Waals surface area contributed by atoms with Crippen LogP contribution in [0.3, 0.4) is 0 Å². The summed E-state index contributed by atoms with van der Waals surface area (Å²) in [5.74, 6) is -0.463. The van der Waals surface area contributed by atoms with Gasteiger partial charge < -0.3 is 23.4 Å². The number of aldehydes is 1. The maximum absolute atomic E-state index is 11.2. The van der Waals surface area contributed by atoms with E-state index in [0.717, 1.165) is 5.39 Å². The number of fused-ring (bicyclic) bond motifs is 1. The summed E-state index contributed by atoms with van der Waals surface area (Å²) in [4.78, 5) is 22.2. The van der Waals surface area contributed by atoms with Crippen LogP contribution >= 0.6 is 0 Å². The Balaban J connectivity index is 1.87. The Labute approximate surface area is 120 Å². The van der Waals surface area contributed by atoms with Crippen molar-refractivity contribution in [3.8, 4) is 5.75 Å². The van der Waals surface area contributed by atoms with E-state index in [2.05, 4.69) is 0 Å². The van der Waals surface area contributed by atoms with E-state index in [-0.39, 0.29) is 0 Å². The van der Waals surface area contributed by atoms with E-state index in [1.54, 1.807) is 38.1 Å². The molecule has 21 heavy (non-hydrogen) atoms. The summed E-state index contributed by atoms with van der Waals surface area (Å²) in [5, 5.41) is 0.776. The van der Waals surface area contributed by atoms with Gasteiger partial charge in [0.25, 0.3) is 0 Å². The molecule has 0 N–H and O–H groups in total. The van der Waals surface area contributed by atoms with Crippen LogP contribution in [-0.2, 0) is 14.3 Å². The van der Waals surface area contributed by atoms with Gasteiger partial charge in [-0.15, -0.1) is 0 Å². The SMILES string of the molecule is CC1(C)OC(C=O)C(Oc2ccc3ccc(=O)oc3c2)O1. The first-order chi connectivity index (χ1) is 9.97. The number of rotatable bonds is 3. The monoisotopic (exact) mass is 290 g/mol. The zero-order valence-corrected chi connectivity index (χ0v) is 11.6. The van der Waals surface area contributed by atoms with Crippen LogP contribution in [0, 0.1) is 0 Å². The van der Waals surface area contributed by atoms with Crippen molar-refractivity contribution in [1.82, 2.24) is 0 Å². The second-order valence-corrected chi connectivity index (χ2v) is 5.18. The topological polar surface area (TPSA) is 75.0 Å². The number of carbonyl (C=O) groups is 1. The fraction of sp³-hybridized carbons (Fsp3) is 0.333. The summed E-state index contributed by atoms with van der Waals surface area (Å²) in [7, 11) is 0. The molecule has 0 bridgehead atoms. The molecule has 0 aliphatic carbocycles. The Morgan fingerprint density at radius 1 is 1.19 bits per heavy atom. The molecule has 2 unspecified atom stereocenters. The first kappa shape index (κ1) is 13.8. The minimum Gasteiger partial charge on any atom is -0.461 e. The van der Waals surface area contributed by atoms with Gasteiger partial charge >= 0.3 is 5.63 Å². The summed E-state index contributed by atoms with van der Waals surface area (Å²) in [5.41, 5.74) is -0.0344. The molecule has 2 atom stereocenters. The average Bonchev–Trinajstić information content (AvgIpc) is 2.72. The van der Waals surface area contributed by atoms with Crippen LogP contribution in [0.1, 0.15) is 13.8 Å². The molecule has 1 aliphatic heterocycles. The van der Waals surface area contributed by atoms with Crippen LogP contribution in [0.5, 0.6) is 5.75 Å². The van der Waals surface area contributed by atoms with E-state index in [0.29, 0.717) is 17.6 Å². The van der Waals surface area contributed by atoms with Crippen LogP contribution in [-0.4, -0.2) is 24.5 Å². The van der Waals surface area contributed by atoms with Crippen molar-refractivity contribution in [3.63, 3.8) is 0 Å². The molecule has 1 aromatic heterocycles. The van der Waals surface area contributed by atoms with Crippen LogP contribution in [0.4, 0.5) is 0 Å². The van der Waals surface area contributed by atoms with Crippen LogP contribution in [0.15, 0.2) is 39.5 Å². The van der Waals surface area contributed by atoms with E-state index >= 15 is 0 Å². The van der Waals surface area contributed by atoms with Crippen LogP contribution < -0.4 is 10.4 Å². The lowest BCUT2D eigenvalue weighted by Gasteiger charge is -2.17. The molecule has 1 fully saturated rings. The molecule has 2 heterocycles. The lowest BCUT2D eigenvalue weighted by Crippen LogP contribution is -2.29. The van der Waals surface area contributed by atoms with Crippen molar-refractivity contribution < 1.29 is 23.4 Å². The van der Waals surface area contributed by atoms with Crippen molar-refractivity contribution in [2.45, 2.75) is 32.0 Å². The fourth-order valence-corrected chi connectivity index (χ4v) is 2.19. The number of hydrogen-bond donors (Lipinski definition) is 0. The average molecular weight is 290 g/mol. The normalized spacial score (nSPS) is 24.1. The van der Waals surface area contributed by atoms with Crippen LogP contribution in [0.2, 0.25) is 0 Å². The molecule has 0 spiro atoms. The van der Waals surface area contributed by atoms with E-state index in [4.69, 9.17) is 18.6 Å². The first-order valence-electron chi connectivity index (χ1n) is 6.48. The van der Waals surface area contributed by atoms with Gasteiger partial charge in [-0.3, -0.25) is 0 Å². The molecule has 3 rings (SSSR count). The quantitative estimate of drug-likeness (QED) is 0.634. The van der Waals surface area contributed by atoms with Crippen LogP contribution in [0.25, 0.3) is 11.0 Å². The third-order valence-corrected chi connectivity index (χ3v) is 3.07. The fourth-order valence-electron chi connectivity index (χ4n) is 2.19. The predicted octanol–water partition coefficient (Wildman–Crippen LogP) is 1.85. The second-order valence-electron chi connectivity index (χ2n) is 5.18. The molecule has 0 radical (unpaired) electrons. The number of benzene rings is 1. The third kappa shape index (κ3) is 2.81. The third-order valence-electron chi connectivity index (χ3n) is 3.07. The Morgan fingerprint density at radius 2 is 1.95 bits per heavy atom. The Hall–Kier alpha value is -2.18. The van der Waals surface area contributed by atoms with E-state index < -0.39 is 23.8 Å². The van der Waals surface area contributed by atoms with Gasteiger partial charge in [-0.1, -0.05) is 0 Å². The van der Waals surface area contributed by atoms with Crippen molar-refractivity contribution in [2.24, 2.45) is 0 Å². The Bertz CT molecular complexity index is 732. The van der Waals surface area contributed by atoms with Gasteiger partial charge in [0.15, 0.2) is 18.2 Å². The highest BCUT2D eigenvalue weighted by Gasteiger charge is 2.42. The van der Waals surface area contributed by atoms with Gasteiger partial charge in [0.1, 0.15) is 11.3 Å². The highest BCUT2D eigenvalue weighted by atomic mass is 16.8. The Morgan fingerprint density at radius 3 is 2.71 bits per heavy atom. The van der Waals surface area contributed by atoms with Gasteiger partial charge in [0.2, 0.25) is 6.29 Å². The van der Waals surface area contributed by atoms with Crippen molar-refractivity contribution >= 4 is 17.3 Å². The van der Waals surface area contributed by atoms with E-state index in [1.165, 1.54) is 6.07 Å². The maximum Gasteiger partial charge on any atom is 0.336 e. The largest absolute Gasteiger partial charge is 0.461 e. The van der Waals surface area contributed by atoms with E-state index in [9.17, 15) is 9.59 Å². The number of carbonyl (C=O) groups excluding carboxylic acids is 1. The molecule has 1 saturated heterocycles. The van der Waals surface area contributed by atoms with Crippen molar-refractivity contribution in [3.05, 3.63) is 40.8 Å². The molecule has 0 amide bonds. The number of ether oxygens (including phenoxy) is 3. The van der Waals surface area contributed by atoms with Gasteiger partial charge in [0, 0.05) is 17.5 Å². The molecular weight excluding hydrogens is 276 g/mol. The summed E-state index contributed by atoms with van der Waals surface area (Å²) < 4.78 is 21.6. The van der Waals surface area contributed by atoms with Gasteiger partial charge in [-0.05, 0) is 32.0 Å². The molecule has 110 valence electrons. The smallest absolute Gasteiger partial charge is 0.336 e. The summed E-state index contributed by atoms with van der Waals surface area (Å²) >= 11 is 0. The van der Waals surface area contributed by atoms with Gasteiger partial charge in [0.05, 0.1) is 0 Å². The molecule has 2 aromatic rings.